The number of benzene rings is 1. The third-order valence-electron chi connectivity index (χ3n) is 2.82. The van der Waals surface area contributed by atoms with E-state index in [-0.39, 0.29) is 10.9 Å². The van der Waals surface area contributed by atoms with Gasteiger partial charge in [0.25, 0.3) is 0 Å². The number of carbonyl (C=O) groups is 1. The van der Waals surface area contributed by atoms with Crippen LogP contribution in [0.15, 0.2) is 29.2 Å². The SMILES string of the molecule is CCC(C)(C)C(=O)Oc1ccc(S(N)(O)O)cc1. The Balaban J connectivity index is 2.79. The van der Waals surface area contributed by atoms with Gasteiger partial charge in [0.15, 0.2) is 0 Å². The molecule has 0 aliphatic rings. The van der Waals surface area contributed by atoms with Crippen molar-refractivity contribution >= 4 is 16.7 Å². The van der Waals surface area contributed by atoms with E-state index in [0.717, 1.165) is 0 Å². The predicted molar refractivity (Wildman–Crippen MR) is 71.5 cm³/mol. The number of carbonyl (C=O) groups excluding carboxylic acids is 1. The van der Waals surface area contributed by atoms with Gasteiger partial charge in [-0.1, -0.05) is 6.92 Å². The zero-order chi connectivity index (χ0) is 14.0. The molecule has 0 aromatic heterocycles. The Labute approximate surface area is 108 Å². The lowest BCUT2D eigenvalue weighted by Gasteiger charge is -2.26. The molecule has 0 bridgehead atoms. The van der Waals surface area contributed by atoms with Crippen molar-refractivity contribution in [3.05, 3.63) is 24.3 Å². The summed E-state index contributed by atoms with van der Waals surface area (Å²) < 4.78 is 23.7. The van der Waals surface area contributed by atoms with Crippen LogP contribution in [-0.4, -0.2) is 15.1 Å². The Morgan fingerprint density at radius 3 is 2.22 bits per heavy atom. The first-order chi connectivity index (χ1) is 8.16. The molecule has 18 heavy (non-hydrogen) atoms. The Morgan fingerprint density at radius 2 is 1.83 bits per heavy atom. The maximum absolute atomic E-state index is 11.8. The van der Waals surface area contributed by atoms with Gasteiger partial charge >= 0.3 is 5.97 Å². The number of rotatable bonds is 4. The van der Waals surface area contributed by atoms with Crippen LogP contribution in [0.1, 0.15) is 27.2 Å². The van der Waals surface area contributed by atoms with Gasteiger partial charge in [0.05, 0.1) is 10.3 Å². The smallest absolute Gasteiger partial charge is 0.316 e. The van der Waals surface area contributed by atoms with E-state index in [4.69, 9.17) is 9.88 Å². The lowest BCUT2D eigenvalue weighted by Crippen LogP contribution is -2.28. The number of nitrogens with two attached hydrogens (primary N) is 1. The molecule has 1 rings (SSSR count). The lowest BCUT2D eigenvalue weighted by molar-refractivity contribution is -0.144. The zero-order valence-electron chi connectivity index (χ0n) is 10.7. The summed E-state index contributed by atoms with van der Waals surface area (Å²) in [5.41, 5.74) is -0.546. The minimum absolute atomic E-state index is 0.206. The number of hydrogen-bond donors (Lipinski definition) is 3. The summed E-state index contributed by atoms with van der Waals surface area (Å²) in [5, 5.41) is 5.19. The molecule has 102 valence electrons. The second kappa shape index (κ2) is 5.27. The minimum Gasteiger partial charge on any atom is -0.426 e. The molecule has 0 fully saturated rings. The Morgan fingerprint density at radius 1 is 1.33 bits per heavy atom. The molecule has 0 aliphatic carbocycles. The largest absolute Gasteiger partial charge is 0.426 e. The van der Waals surface area contributed by atoms with Gasteiger partial charge in [0, 0.05) is 0 Å². The fourth-order valence-electron chi connectivity index (χ4n) is 1.10. The highest BCUT2D eigenvalue weighted by molar-refractivity contribution is 8.22. The Bertz CT molecular complexity index is 423. The molecule has 6 heteroatoms. The van der Waals surface area contributed by atoms with E-state index in [9.17, 15) is 13.9 Å². The molecule has 0 heterocycles. The van der Waals surface area contributed by atoms with E-state index in [2.05, 4.69) is 0 Å². The molecule has 0 saturated heterocycles. The van der Waals surface area contributed by atoms with E-state index in [1.807, 2.05) is 6.92 Å². The molecular formula is C12H19NO4S. The van der Waals surface area contributed by atoms with Crippen LogP contribution in [0.3, 0.4) is 0 Å². The van der Waals surface area contributed by atoms with Gasteiger partial charge in [-0.15, -0.1) is 10.8 Å². The van der Waals surface area contributed by atoms with Crippen molar-refractivity contribution in [1.29, 1.82) is 0 Å². The summed E-state index contributed by atoms with van der Waals surface area (Å²) in [4.78, 5) is 12.0. The predicted octanol–water partition coefficient (Wildman–Crippen LogP) is 3.01. The molecular weight excluding hydrogens is 254 g/mol. The van der Waals surface area contributed by atoms with Gasteiger partial charge in [-0.2, -0.15) is 0 Å². The molecule has 0 aliphatic heterocycles. The van der Waals surface area contributed by atoms with Crippen molar-refractivity contribution in [2.45, 2.75) is 32.1 Å². The van der Waals surface area contributed by atoms with Crippen molar-refractivity contribution in [3.63, 3.8) is 0 Å². The highest BCUT2D eigenvalue weighted by Crippen LogP contribution is 2.40. The normalized spacial score (nSPS) is 13.2. The van der Waals surface area contributed by atoms with Gasteiger partial charge < -0.3 is 4.74 Å². The average Bonchev–Trinajstić information content (AvgIpc) is 2.28. The average molecular weight is 273 g/mol. The highest BCUT2D eigenvalue weighted by atomic mass is 32.3. The molecule has 5 nitrogen and oxygen atoms in total. The molecule has 0 spiro atoms. The third kappa shape index (κ3) is 3.71. The number of esters is 1. The summed E-state index contributed by atoms with van der Waals surface area (Å²) in [5.74, 6) is 0.0334. The van der Waals surface area contributed by atoms with Crippen LogP contribution in [0.5, 0.6) is 5.75 Å². The maximum Gasteiger partial charge on any atom is 0.316 e. The van der Waals surface area contributed by atoms with Gasteiger partial charge in [0.2, 0.25) is 0 Å². The summed E-state index contributed by atoms with van der Waals surface area (Å²) in [6.07, 6.45) is 0.674. The van der Waals surface area contributed by atoms with Crippen LogP contribution in [0.25, 0.3) is 0 Å². The van der Waals surface area contributed by atoms with Crippen molar-refractivity contribution in [3.8, 4) is 5.75 Å². The second-order valence-electron chi connectivity index (χ2n) is 4.69. The van der Waals surface area contributed by atoms with Crippen LogP contribution in [0, 0.1) is 5.41 Å². The molecule has 0 amide bonds. The highest BCUT2D eigenvalue weighted by Gasteiger charge is 2.27. The van der Waals surface area contributed by atoms with Gasteiger partial charge in [-0.25, -0.2) is 5.14 Å². The first-order valence-corrected chi connectivity index (χ1v) is 7.16. The molecule has 0 radical (unpaired) electrons. The first kappa shape index (κ1) is 15.0. The Kier molecular flexibility index (Phi) is 4.39. The van der Waals surface area contributed by atoms with E-state index in [1.165, 1.54) is 24.3 Å². The summed E-state index contributed by atoms with van der Waals surface area (Å²) in [6, 6.07) is 5.83. The van der Waals surface area contributed by atoms with Crippen LogP contribution in [-0.2, 0) is 4.79 Å². The standard InChI is InChI=1S/C12H19NO4S/c1-4-12(2,3)11(14)17-9-5-7-10(8-6-9)18(13,15)16/h5-8,15-16H,4,13H2,1-3H3. The number of hydrogen-bond acceptors (Lipinski definition) is 5. The van der Waals surface area contributed by atoms with Crippen LogP contribution in [0.4, 0.5) is 0 Å². The monoisotopic (exact) mass is 273 g/mol. The van der Waals surface area contributed by atoms with Crippen molar-refractivity contribution in [2.75, 3.05) is 0 Å². The summed E-state index contributed by atoms with van der Waals surface area (Å²) >= 11 is 0. The molecule has 1 aromatic rings. The van der Waals surface area contributed by atoms with E-state index in [1.54, 1.807) is 13.8 Å². The maximum atomic E-state index is 11.8. The van der Waals surface area contributed by atoms with Crippen molar-refractivity contribution in [2.24, 2.45) is 10.6 Å². The van der Waals surface area contributed by atoms with E-state index < -0.39 is 16.2 Å². The van der Waals surface area contributed by atoms with Crippen molar-refractivity contribution < 1.29 is 18.6 Å². The van der Waals surface area contributed by atoms with E-state index in [0.29, 0.717) is 12.2 Å². The lowest BCUT2D eigenvalue weighted by atomic mass is 9.91. The van der Waals surface area contributed by atoms with Crippen LogP contribution in [0.2, 0.25) is 0 Å². The summed E-state index contributed by atoms with van der Waals surface area (Å²) in [6.45, 7) is 5.52. The topological polar surface area (TPSA) is 92.8 Å². The van der Waals surface area contributed by atoms with E-state index >= 15 is 0 Å². The Hall–Kier alpha value is -1.08. The molecule has 0 atom stereocenters. The summed E-state index contributed by atoms with van der Waals surface area (Å²) in [7, 11) is -3.22. The number of ether oxygens (including phenoxy) is 1. The molecule has 0 unspecified atom stereocenters. The van der Waals surface area contributed by atoms with Gasteiger partial charge in [-0.05, 0) is 44.5 Å². The van der Waals surface area contributed by atoms with Crippen LogP contribution < -0.4 is 9.88 Å². The fraction of sp³-hybridized carbons (Fsp3) is 0.417. The second-order valence-corrected chi connectivity index (χ2v) is 6.35. The van der Waals surface area contributed by atoms with Crippen molar-refractivity contribution in [1.82, 2.24) is 0 Å². The molecule has 1 aromatic carbocycles. The quantitative estimate of drug-likeness (QED) is 0.579. The van der Waals surface area contributed by atoms with Gasteiger partial charge in [-0.3, -0.25) is 13.9 Å². The first-order valence-electron chi connectivity index (χ1n) is 5.55. The zero-order valence-corrected chi connectivity index (χ0v) is 11.5. The van der Waals surface area contributed by atoms with Gasteiger partial charge in [0.1, 0.15) is 5.75 Å². The molecule has 0 saturated carbocycles. The fourth-order valence-corrected chi connectivity index (χ4v) is 1.63. The van der Waals surface area contributed by atoms with Crippen LogP contribution >= 0.6 is 10.8 Å². The third-order valence-corrected chi connectivity index (χ3v) is 3.78. The minimum atomic E-state index is -3.22. The molecule has 4 N–H and O–H groups in total.